The smallest absolute Gasteiger partial charge is 0.0701 e. The number of hydrogen-bond acceptors (Lipinski definition) is 4. The first-order valence-corrected chi connectivity index (χ1v) is 8.10. The van der Waals surface area contributed by atoms with Crippen molar-refractivity contribution in [3.8, 4) is 0 Å². The van der Waals surface area contributed by atoms with Crippen LogP contribution in [0, 0.1) is 5.92 Å². The van der Waals surface area contributed by atoms with E-state index in [-0.39, 0.29) is 0 Å². The summed E-state index contributed by atoms with van der Waals surface area (Å²) in [5.41, 5.74) is 7.25. The quantitative estimate of drug-likeness (QED) is 0.900. The van der Waals surface area contributed by atoms with Gasteiger partial charge in [-0.1, -0.05) is 0 Å². The second-order valence-corrected chi connectivity index (χ2v) is 7.25. The van der Waals surface area contributed by atoms with Crippen molar-refractivity contribution in [1.82, 2.24) is 4.90 Å². The lowest BCUT2D eigenvalue weighted by Crippen LogP contribution is -2.36. The Kier molecular flexibility index (Phi) is 5.63. The maximum Gasteiger partial charge on any atom is 0.0701 e. The highest BCUT2D eigenvalue weighted by molar-refractivity contribution is 9.11. The molecule has 1 saturated heterocycles. The zero-order valence-electron chi connectivity index (χ0n) is 10.8. The fraction of sp³-hybridized carbons (Fsp3) is 0.692. The molecule has 0 radical (unpaired) electrons. The van der Waals surface area contributed by atoms with Crippen LogP contribution < -0.4 is 5.73 Å². The van der Waals surface area contributed by atoms with E-state index in [1.165, 1.54) is 22.2 Å². The molecule has 102 valence electrons. The lowest BCUT2D eigenvalue weighted by Gasteiger charge is -2.32. The third kappa shape index (κ3) is 3.78. The van der Waals surface area contributed by atoms with Crippen LogP contribution in [0.3, 0.4) is 0 Å². The number of nitrogens with two attached hydrogens (primary N) is 1. The van der Waals surface area contributed by atoms with E-state index in [9.17, 15) is 0 Å². The molecular weight excluding hydrogens is 312 g/mol. The third-order valence-corrected chi connectivity index (χ3v) is 5.05. The maximum atomic E-state index is 5.94. The minimum Gasteiger partial charge on any atom is -0.381 e. The molecule has 2 N–H and O–H groups in total. The average Bonchev–Trinajstić information content (AvgIpc) is 2.78. The lowest BCUT2D eigenvalue weighted by atomic mass is 10.0. The predicted molar refractivity (Wildman–Crippen MR) is 80.0 cm³/mol. The van der Waals surface area contributed by atoms with E-state index in [4.69, 9.17) is 10.5 Å². The van der Waals surface area contributed by atoms with Crippen LogP contribution in [0.15, 0.2) is 15.2 Å². The molecule has 2 rings (SSSR count). The summed E-state index contributed by atoms with van der Waals surface area (Å²) in [5, 5.41) is 2.19. The number of likely N-dealkylation sites (N-methyl/N-ethyl adjacent to an activating group) is 1. The summed E-state index contributed by atoms with van der Waals surface area (Å²) >= 11 is 5.24. The largest absolute Gasteiger partial charge is 0.381 e. The highest BCUT2D eigenvalue weighted by Crippen LogP contribution is 2.28. The number of rotatable bonds is 5. The fourth-order valence-corrected chi connectivity index (χ4v) is 3.78. The molecule has 1 fully saturated rings. The minimum absolute atomic E-state index is 0.314. The van der Waals surface area contributed by atoms with Gasteiger partial charge in [-0.3, -0.25) is 4.90 Å². The maximum absolute atomic E-state index is 5.94. The first-order chi connectivity index (χ1) is 8.70. The standard InChI is InChI=1S/C13H21BrN2OS/c1-16(7-10-3-2-4-17-8-10)12(6-15)11-5-13(14)18-9-11/h5,9-10,12H,2-4,6-8,15H2,1H3. The molecule has 2 unspecified atom stereocenters. The molecule has 1 aliphatic rings. The molecule has 2 heterocycles. The van der Waals surface area contributed by atoms with Crippen molar-refractivity contribution in [1.29, 1.82) is 0 Å². The Hall–Kier alpha value is 0.0600. The van der Waals surface area contributed by atoms with Crippen LogP contribution in [-0.4, -0.2) is 38.3 Å². The Bertz CT molecular complexity index is 366. The van der Waals surface area contributed by atoms with Gasteiger partial charge in [-0.25, -0.2) is 0 Å². The number of ether oxygens (including phenoxy) is 1. The van der Waals surface area contributed by atoms with Gasteiger partial charge < -0.3 is 10.5 Å². The molecule has 5 heteroatoms. The van der Waals surface area contributed by atoms with Crippen LogP contribution in [0.4, 0.5) is 0 Å². The molecule has 0 amide bonds. The molecule has 0 aromatic carbocycles. The first kappa shape index (κ1) is 14.5. The Morgan fingerprint density at radius 1 is 1.67 bits per heavy atom. The summed E-state index contributed by atoms with van der Waals surface area (Å²) in [6, 6.07) is 2.49. The molecule has 0 bridgehead atoms. The summed E-state index contributed by atoms with van der Waals surface area (Å²) in [5.74, 6) is 0.653. The van der Waals surface area contributed by atoms with Crippen LogP contribution in [0.1, 0.15) is 24.4 Å². The van der Waals surface area contributed by atoms with Crippen molar-refractivity contribution in [2.45, 2.75) is 18.9 Å². The SMILES string of the molecule is CN(CC1CCCOC1)C(CN)c1csc(Br)c1. The summed E-state index contributed by atoms with van der Waals surface area (Å²) in [6.07, 6.45) is 2.46. The zero-order valence-corrected chi connectivity index (χ0v) is 13.2. The summed E-state index contributed by atoms with van der Waals surface area (Å²) in [6.45, 7) is 3.55. The molecule has 0 spiro atoms. The second kappa shape index (κ2) is 7.01. The normalized spacial score (nSPS) is 22.3. The highest BCUT2D eigenvalue weighted by Gasteiger charge is 2.21. The second-order valence-electron chi connectivity index (χ2n) is 4.96. The molecule has 0 aliphatic carbocycles. The predicted octanol–water partition coefficient (Wildman–Crippen LogP) is 2.87. The van der Waals surface area contributed by atoms with Crippen molar-refractivity contribution in [2.24, 2.45) is 11.7 Å². The topological polar surface area (TPSA) is 38.5 Å². The van der Waals surface area contributed by atoms with E-state index in [0.717, 1.165) is 19.8 Å². The Balaban J connectivity index is 1.94. The minimum atomic E-state index is 0.314. The molecule has 1 aromatic rings. The van der Waals surface area contributed by atoms with Crippen LogP contribution in [0.5, 0.6) is 0 Å². The molecular formula is C13H21BrN2OS. The molecule has 2 atom stereocenters. The summed E-state index contributed by atoms with van der Waals surface area (Å²) < 4.78 is 6.71. The number of hydrogen-bond donors (Lipinski definition) is 1. The van der Waals surface area contributed by atoms with Crippen LogP contribution >= 0.6 is 27.3 Å². The molecule has 1 aliphatic heterocycles. The van der Waals surface area contributed by atoms with Gasteiger partial charge in [0, 0.05) is 25.7 Å². The van der Waals surface area contributed by atoms with Gasteiger partial charge in [0.1, 0.15) is 0 Å². The third-order valence-electron chi connectivity index (χ3n) is 3.53. The van der Waals surface area contributed by atoms with Crippen molar-refractivity contribution in [2.75, 3.05) is 33.4 Å². The summed E-state index contributed by atoms with van der Waals surface area (Å²) in [7, 11) is 2.16. The zero-order chi connectivity index (χ0) is 13.0. The highest BCUT2D eigenvalue weighted by atomic mass is 79.9. The monoisotopic (exact) mass is 332 g/mol. The van der Waals surface area contributed by atoms with E-state index in [1.807, 2.05) is 0 Å². The number of halogens is 1. The van der Waals surface area contributed by atoms with Crippen LogP contribution in [-0.2, 0) is 4.74 Å². The Morgan fingerprint density at radius 3 is 3.06 bits per heavy atom. The van der Waals surface area contributed by atoms with E-state index < -0.39 is 0 Å². The van der Waals surface area contributed by atoms with Crippen molar-refractivity contribution < 1.29 is 4.74 Å². The number of thiophene rings is 1. The van der Waals surface area contributed by atoms with Gasteiger partial charge in [0.15, 0.2) is 0 Å². The van der Waals surface area contributed by atoms with Crippen molar-refractivity contribution in [3.05, 3.63) is 20.8 Å². The molecule has 1 aromatic heterocycles. The van der Waals surface area contributed by atoms with Gasteiger partial charge in [-0.2, -0.15) is 0 Å². The van der Waals surface area contributed by atoms with Crippen molar-refractivity contribution >= 4 is 27.3 Å². The van der Waals surface area contributed by atoms with Crippen LogP contribution in [0.25, 0.3) is 0 Å². The van der Waals surface area contributed by atoms with E-state index >= 15 is 0 Å². The molecule has 0 saturated carbocycles. The van der Waals surface area contributed by atoms with Crippen molar-refractivity contribution in [3.63, 3.8) is 0 Å². The Labute approximate surface area is 121 Å². The number of nitrogens with zero attached hydrogens (tertiary/aromatic N) is 1. The van der Waals surface area contributed by atoms with Gasteiger partial charge in [0.05, 0.1) is 10.4 Å². The first-order valence-electron chi connectivity index (χ1n) is 6.42. The van der Waals surface area contributed by atoms with Gasteiger partial charge in [0.25, 0.3) is 0 Å². The van der Waals surface area contributed by atoms with E-state index in [0.29, 0.717) is 18.5 Å². The Morgan fingerprint density at radius 2 is 2.50 bits per heavy atom. The van der Waals surface area contributed by atoms with Gasteiger partial charge in [0.2, 0.25) is 0 Å². The van der Waals surface area contributed by atoms with Gasteiger partial charge >= 0.3 is 0 Å². The van der Waals surface area contributed by atoms with Gasteiger partial charge in [-0.15, -0.1) is 11.3 Å². The average molecular weight is 333 g/mol. The fourth-order valence-electron chi connectivity index (χ4n) is 2.55. The van der Waals surface area contributed by atoms with E-state index in [2.05, 4.69) is 39.3 Å². The van der Waals surface area contributed by atoms with Gasteiger partial charge in [-0.05, 0) is 58.7 Å². The molecule has 3 nitrogen and oxygen atoms in total. The van der Waals surface area contributed by atoms with Crippen LogP contribution in [0.2, 0.25) is 0 Å². The summed E-state index contributed by atoms with van der Waals surface area (Å²) in [4.78, 5) is 2.37. The molecule has 18 heavy (non-hydrogen) atoms. The van der Waals surface area contributed by atoms with E-state index in [1.54, 1.807) is 11.3 Å². The lowest BCUT2D eigenvalue weighted by molar-refractivity contribution is 0.0365.